The first-order chi connectivity index (χ1) is 16.2. The fraction of sp³-hybridized carbons (Fsp3) is 0.0741. The van der Waals surface area contributed by atoms with Crippen LogP contribution in [0.25, 0.3) is 27.8 Å². The van der Waals surface area contributed by atoms with Crippen molar-refractivity contribution in [2.45, 2.75) is 12.1 Å². The van der Waals surface area contributed by atoms with Crippen molar-refractivity contribution in [1.82, 2.24) is 14.8 Å². The average Bonchev–Trinajstić information content (AvgIpc) is 3.28. The van der Waals surface area contributed by atoms with Crippen LogP contribution in [-0.2, 0) is 4.79 Å². The molecule has 0 fully saturated rings. The van der Waals surface area contributed by atoms with E-state index in [1.807, 2.05) is 89.5 Å². The highest BCUT2D eigenvalue weighted by atomic mass is 32.2. The number of rotatable bonds is 6. The van der Waals surface area contributed by atoms with Crippen molar-refractivity contribution in [2.75, 3.05) is 11.1 Å². The number of nitrogens with one attached hydrogen (secondary N) is 1. The number of aromatic nitrogens is 3. The maximum absolute atomic E-state index is 12.8. The predicted octanol–water partition coefficient (Wildman–Crippen LogP) is 6.13. The molecular weight excluding hydrogens is 428 g/mol. The fourth-order valence-corrected chi connectivity index (χ4v) is 4.55. The minimum absolute atomic E-state index is 0.0870. The number of aryl methyl sites for hydroxylation is 1. The number of carbonyl (C=O) groups is 1. The molecule has 0 saturated heterocycles. The van der Waals surface area contributed by atoms with E-state index in [0.29, 0.717) is 5.16 Å². The van der Waals surface area contributed by atoms with E-state index in [4.69, 9.17) is 0 Å². The molecule has 0 aliphatic carbocycles. The zero-order valence-electron chi connectivity index (χ0n) is 18.1. The molecule has 1 N–H and O–H groups in total. The molecule has 1 heterocycles. The van der Waals surface area contributed by atoms with E-state index in [1.165, 1.54) is 11.8 Å². The quantitative estimate of drug-likeness (QED) is 0.316. The molecule has 6 heteroatoms. The van der Waals surface area contributed by atoms with E-state index < -0.39 is 0 Å². The number of hydrogen-bond acceptors (Lipinski definition) is 4. The van der Waals surface area contributed by atoms with Gasteiger partial charge in [0, 0.05) is 22.3 Å². The SMILES string of the molecule is Cc1cccc(-c2nnc(SCC(=O)Nc3cccc4ccccc34)n2-c2ccccc2)c1. The van der Waals surface area contributed by atoms with Gasteiger partial charge in [0.1, 0.15) is 0 Å². The third-order valence-corrected chi connectivity index (χ3v) is 6.25. The monoisotopic (exact) mass is 450 g/mol. The molecule has 5 aromatic rings. The zero-order valence-corrected chi connectivity index (χ0v) is 18.9. The predicted molar refractivity (Wildman–Crippen MR) is 135 cm³/mol. The molecule has 0 unspecified atom stereocenters. The first-order valence-corrected chi connectivity index (χ1v) is 11.7. The Morgan fingerprint density at radius 2 is 1.64 bits per heavy atom. The van der Waals surface area contributed by atoms with E-state index in [1.54, 1.807) is 0 Å². The van der Waals surface area contributed by atoms with Gasteiger partial charge in [-0.2, -0.15) is 0 Å². The zero-order chi connectivity index (χ0) is 22.6. The number of carbonyl (C=O) groups excluding carboxylic acids is 1. The van der Waals surface area contributed by atoms with Crippen LogP contribution in [0.4, 0.5) is 5.69 Å². The largest absolute Gasteiger partial charge is 0.325 e. The van der Waals surface area contributed by atoms with Gasteiger partial charge in [-0.05, 0) is 36.6 Å². The molecule has 4 aromatic carbocycles. The summed E-state index contributed by atoms with van der Waals surface area (Å²) < 4.78 is 2.00. The van der Waals surface area contributed by atoms with Crippen molar-refractivity contribution in [1.29, 1.82) is 0 Å². The number of benzene rings is 4. The Morgan fingerprint density at radius 3 is 2.48 bits per heavy atom. The Hall–Kier alpha value is -3.90. The standard InChI is InChI=1S/C27H22N4OS/c1-19-9-7-12-21(17-19)26-29-30-27(31(26)22-13-3-2-4-14-22)33-18-25(32)28-24-16-8-11-20-10-5-6-15-23(20)24/h2-17H,18H2,1H3,(H,28,32). The molecule has 5 nitrogen and oxygen atoms in total. The number of para-hydroxylation sites is 1. The van der Waals surface area contributed by atoms with Gasteiger partial charge in [0.2, 0.25) is 5.91 Å². The molecule has 5 rings (SSSR count). The van der Waals surface area contributed by atoms with E-state index in [9.17, 15) is 4.79 Å². The van der Waals surface area contributed by atoms with Crippen molar-refractivity contribution >= 4 is 34.1 Å². The molecule has 0 atom stereocenters. The van der Waals surface area contributed by atoms with Crippen LogP contribution in [-0.4, -0.2) is 26.4 Å². The number of nitrogens with zero attached hydrogens (tertiary/aromatic N) is 3. The summed E-state index contributed by atoms with van der Waals surface area (Å²) in [6, 6.07) is 32.1. The van der Waals surface area contributed by atoms with Crippen LogP contribution in [0, 0.1) is 6.92 Å². The Bertz CT molecular complexity index is 1420. The number of fused-ring (bicyclic) bond motifs is 1. The van der Waals surface area contributed by atoms with Crippen LogP contribution < -0.4 is 5.32 Å². The number of thioether (sulfide) groups is 1. The molecule has 1 amide bonds. The summed E-state index contributed by atoms with van der Waals surface area (Å²) in [5.41, 5.74) is 3.90. The van der Waals surface area contributed by atoms with Crippen molar-refractivity contribution in [3.8, 4) is 17.1 Å². The van der Waals surface area contributed by atoms with Crippen LogP contribution in [0.2, 0.25) is 0 Å². The first kappa shape index (κ1) is 21.0. The second-order valence-corrected chi connectivity index (χ2v) is 8.65. The third-order valence-electron chi connectivity index (χ3n) is 5.32. The lowest BCUT2D eigenvalue weighted by atomic mass is 10.1. The van der Waals surface area contributed by atoms with Gasteiger partial charge in [0.25, 0.3) is 0 Å². The number of hydrogen-bond donors (Lipinski definition) is 1. The van der Waals surface area contributed by atoms with Gasteiger partial charge in [-0.1, -0.05) is 90.1 Å². The summed E-state index contributed by atoms with van der Waals surface area (Å²) in [6.07, 6.45) is 0. The second kappa shape index (κ2) is 9.30. The molecule has 0 spiro atoms. The van der Waals surface area contributed by atoms with E-state index >= 15 is 0 Å². The summed E-state index contributed by atoms with van der Waals surface area (Å²) in [6.45, 7) is 2.06. The first-order valence-electron chi connectivity index (χ1n) is 10.7. The van der Waals surface area contributed by atoms with Gasteiger partial charge in [0.05, 0.1) is 5.75 Å². The van der Waals surface area contributed by atoms with Gasteiger partial charge in [0.15, 0.2) is 11.0 Å². The number of amides is 1. The Labute approximate surface area is 196 Å². The normalized spacial score (nSPS) is 10.9. The average molecular weight is 451 g/mol. The van der Waals surface area contributed by atoms with Crippen molar-refractivity contribution in [3.05, 3.63) is 103 Å². The summed E-state index contributed by atoms with van der Waals surface area (Å²) in [5, 5.41) is 14.7. The number of anilines is 1. The molecule has 0 bridgehead atoms. The van der Waals surface area contributed by atoms with Gasteiger partial charge in [-0.15, -0.1) is 10.2 Å². The highest BCUT2D eigenvalue weighted by Crippen LogP contribution is 2.29. The van der Waals surface area contributed by atoms with Gasteiger partial charge in [-0.25, -0.2) is 0 Å². The Morgan fingerprint density at radius 1 is 0.879 bits per heavy atom. The van der Waals surface area contributed by atoms with Gasteiger partial charge < -0.3 is 5.32 Å². The van der Waals surface area contributed by atoms with Crippen LogP contribution in [0.1, 0.15) is 5.56 Å². The summed E-state index contributed by atoms with van der Waals surface area (Å²) in [7, 11) is 0. The van der Waals surface area contributed by atoms with Crippen LogP contribution in [0.15, 0.2) is 102 Å². The lowest BCUT2D eigenvalue weighted by molar-refractivity contribution is -0.113. The highest BCUT2D eigenvalue weighted by Gasteiger charge is 2.17. The van der Waals surface area contributed by atoms with Crippen LogP contribution in [0.5, 0.6) is 0 Å². The minimum Gasteiger partial charge on any atom is -0.325 e. The fourth-order valence-electron chi connectivity index (χ4n) is 3.80. The molecule has 0 aliphatic rings. The topological polar surface area (TPSA) is 59.8 Å². The van der Waals surface area contributed by atoms with Crippen LogP contribution >= 0.6 is 11.8 Å². The maximum atomic E-state index is 12.8. The molecular formula is C27H22N4OS. The molecule has 0 radical (unpaired) electrons. The van der Waals surface area contributed by atoms with Crippen LogP contribution in [0.3, 0.4) is 0 Å². The van der Waals surface area contributed by atoms with Crippen molar-refractivity contribution in [3.63, 3.8) is 0 Å². The molecule has 162 valence electrons. The minimum atomic E-state index is -0.0870. The summed E-state index contributed by atoms with van der Waals surface area (Å²) >= 11 is 1.37. The molecule has 1 aromatic heterocycles. The molecule has 0 aliphatic heterocycles. The highest BCUT2D eigenvalue weighted by molar-refractivity contribution is 7.99. The second-order valence-electron chi connectivity index (χ2n) is 7.71. The summed E-state index contributed by atoms with van der Waals surface area (Å²) in [5.74, 6) is 0.889. The van der Waals surface area contributed by atoms with Gasteiger partial charge >= 0.3 is 0 Å². The van der Waals surface area contributed by atoms with Crippen molar-refractivity contribution in [2.24, 2.45) is 0 Å². The molecule has 33 heavy (non-hydrogen) atoms. The lowest BCUT2D eigenvalue weighted by Crippen LogP contribution is -2.14. The lowest BCUT2D eigenvalue weighted by Gasteiger charge is -2.11. The Balaban J connectivity index is 1.41. The maximum Gasteiger partial charge on any atom is 0.234 e. The van der Waals surface area contributed by atoms with E-state index in [-0.39, 0.29) is 11.7 Å². The Kier molecular flexibility index (Phi) is 5.91. The summed E-state index contributed by atoms with van der Waals surface area (Å²) in [4.78, 5) is 12.8. The van der Waals surface area contributed by atoms with E-state index in [0.717, 1.165) is 39.1 Å². The smallest absolute Gasteiger partial charge is 0.234 e. The van der Waals surface area contributed by atoms with Gasteiger partial charge in [-0.3, -0.25) is 9.36 Å². The van der Waals surface area contributed by atoms with E-state index in [2.05, 4.69) is 34.6 Å². The molecule has 0 saturated carbocycles. The third kappa shape index (κ3) is 4.52. The van der Waals surface area contributed by atoms with Crippen molar-refractivity contribution < 1.29 is 4.79 Å².